The highest BCUT2D eigenvalue weighted by Crippen LogP contribution is 2.19. The van der Waals surface area contributed by atoms with Gasteiger partial charge in [-0.2, -0.15) is 0 Å². The minimum absolute atomic E-state index is 0.0489. The van der Waals surface area contributed by atoms with Crippen LogP contribution < -0.4 is 5.73 Å². The first-order valence-corrected chi connectivity index (χ1v) is 6.87. The van der Waals surface area contributed by atoms with E-state index in [0.717, 1.165) is 10.9 Å². The third kappa shape index (κ3) is 3.10. The van der Waals surface area contributed by atoms with Gasteiger partial charge in [0.05, 0.1) is 18.3 Å². The summed E-state index contributed by atoms with van der Waals surface area (Å²) in [6, 6.07) is 7.48. The van der Waals surface area contributed by atoms with Gasteiger partial charge in [0, 0.05) is 17.6 Å². The van der Waals surface area contributed by atoms with Crippen LogP contribution in [0.15, 0.2) is 28.7 Å². The van der Waals surface area contributed by atoms with Gasteiger partial charge in [0.25, 0.3) is 5.91 Å². The third-order valence-electron chi connectivity index (χ3n) is 3.02. The van der Waals surface area contributed by atoms with E-state index in [-0.39, 0.29) is 12.0 Å². The second kappa shape index (κ2) is 6.31. The average molecular weight is 313 g/mol. The fourth-order valence-corrected chi connectivity index (χ4v) is 2.52. The highest BCUT2D eigenvalue weighted by molar-refractivity contribution is 9.10. The van der Waals surface area contributed by atoms with Crippen molar-refractivity contribution in [2.45, 2.75) is 12.5 Å². The predicted molar refractivity (Wildman–Crippen MR) is 73.5 cm³/mol. The molecule has 2 N–H and O–H groups in total. The minimum atomic E-state index is 0.0489. The molecule has 1 unspecified atom stereocenters. The molecule has 2 rings (SSSR count). The van der Waals surface area contributed by atoms with Gasteiger partial charge in [-0.3, -0.25) is 4.79 Å². The van der Waals surface area contributed by atoms with Crippen molar-refractivity contribution >= 4 is 21.8 Å². The molecule has 98 valence electrons. The molecule has 1 saturated heterocycles. The van der Waals surface area contributed by atoms with Crippen LogP contribution in [0.5, 0.6) is 0 Å². The number of nitrogens with two attached hydrogens (primary N) is 1. The summed E-state index contributed by atoms with van der Waals surface area (Å²) in [7, 11) is 0. The standard InChI is InChI=1S/C13H17BrN2O2/c14-12-4-2-1-3-11(12)13(17)16-7-8-18-10(9-16)5-6-15/h1-4,10H,5-9,15H2. The van der Waals surface area contributed by atoms with Gasteiger partial charge in [-0.05, 0) is 41.0 Å². The quantitative estimate of drug-likeness (QED) is 0.923. The Balaban J connectivity index is 2.07. The largest absolute Gasteiger partial charge is 0.374 e. The van der Waals surface area contributed by atoms with Crippen molar-refractivity contribution in [1.29, 1.82) is 0 Å². The second-order valence-electron chi connectivity index (χ2n) is 4.30. The number of halogens is 1. The van der Waals surface area contributed by atoms with Crippen molar-refractivity contribution in [3.63, 3.8) is 0 Å². The van der Waals surface area contributed by atoms with Gasteiger partial charge in [-0.1, -0.05) is 12.1 Å². The predicted octanol–water partition coefficient (Wildman–Crippen LogP) is 1.64. The number of ether oxygens (including phenoxy) is 1. The lowest BCUT2D eigenvalue weighted by Crippen LogP contribution is -2.46. The molecule has 0 bridgehead atoms. The van der Waals surface area contributed by atoms with Crippen LogP contribution in [0, 0.1) is 0 Å². The van der Waals surface area contributed by atoms with Crippen LogP contribution in [0.25, 0.3) is 0 Å². The third-order valence-corrected chi connectivity index (χ3v) is 3.71. The molecule has 1 amide bonds. The second-order valence-corrected chi connectivity index (χ2v) is 5.16. The van der Waals surface area contributed by atoms with Gasteiger partial charge in [-0.15, -0.1) is 0 Å². The number of nitrogens with zero attached hydrogens (tertiary/aromatic N) is 1. The lowest BCUT2D eigenvalue weighted by atomic mass is 10.1. The smallest absolute Gasteiger partial charge is 0.255 e. The van der Waals surface area contributed by atoms with Crippen LogP contribution in [0.2, 0.25) is 0 Å². The molecule has 1 aromatic rings. The van der Waals surface area contributed by atoms with E-state index in [1.165, 1.54) is 0 Å². The van der Waals surface area contributed by atoms with Crippen molar-refractivity contribution in [3.8, 4) is 0 Å². The van der Waals surface area contributed by atoms with Crippen molar-refractivity contribution < 1.29 is 9.53 Å². The monoisotopic (exact) mass is 312 g/mol. The van der Waals surface area contributed by atoms with Gasteiger partial charge < -0.3 is 15.4 Å². The summed E-state index contributed by atoms with van der Waals surface area (Å²) >= 11 is 3.41. The van der Waals surface area contributed by atoms with E-state index in [4.69, 9.17) is 10.5 Å². The van der Waals surface area contributed by atoms with Crippen LogP contribution >= 0.6 is 15.9 Å². The molecule has 4 nitrogen and oxygen atoms in total. The molecular formula is C13H17BrN2O2. The fraction of sp³-hybridized carbons (Fsp3) is 0.462. The zero-order chi connectivity index (χ0) is 13.0. The highest BCUT2D eigenvalue weighted by atomic mass is 79.9. The summed E-state index contributed by atoms with van der Waals surface area (Å²) in [6.07, 6.45) is 0.856. The van der Waals surface area contributed by atoms with Crippen LogP contribution in [0.3, 0.4) is 0 Å². The number of benzene rings is 1. The number of hydrogen-bond donors (Lipinski definition) is 1. The molecule has 0 saturated carbocycles. The molecule has 5 heteroatoms. The molecule has 0 aromatic heterocycles. The Kier molecular flexibility index (Phi) is 4.74. The Morgan fingerprint density at radius 3 is 3.00 bits per heavy atom. The number of hydrogen-bond acceptors (Lipinski definition) is 3. The van der Waals surface area contributed by atoms with E-state index in [1.807, 2.05) is 29.2 Å². The molecule has 1 fully saturated rings. The first kappa shape index (κ1) is 13.5. The molecule has 1 aliphatic heterocycles. The van der Waals surface area contributed by atoms with E-state index in [9.17, 15) is 4.79 Å². The Hall–Kier alpha value is -0.910. The van der Waals surface area contributed by atoms with Gasteiger partial charge in [0.2, 0.25) is 0 Å². The maximum absolute atomic E-state index is 12.4. The molecule has 0 aliphatic carbocycles. The zero-order valence-electron chi connectivity index (χ0n) is 10.1. The van der Waals surface area contributed by atoms with Crippen molar-refractivity contribution in [2.24, 2.45) is 5.73 Å². The summed E-state index contributed by atoms with van der Waals surface area (Å²) in [5, 5.41) is 0. The first-order valence-electron chi connectivity index (χ1n) is 6.08. The highest BCUT2D eigenvalue weighted by Gasteiger charge is 2.25. The Morgan fingerprint density at radius 1 is 1.50 bits per heavy atom. The van der Waals surface area contributed by atoms with Crippen molar-refractivity contribution in [3.05, 3.63) is 34.3 Å². The molecule has 0 radical (unpaired) electrons. The number of morpholine rings is 1. The van der Waals surface area contributed by atoms with E-state index in [1.54, 1.807) is 0 Å². The summed E-state index contributed by atoms with van der Waals surface area (Å²) in [5.74, 6) is 0.0489. The fourth-order valence-electron chi connectivity index (χ4n) is 2.07. The van der Waals surface area contributed by atoms with E-state index in [0.29, 0.717) is 31.8 Å². The number of amides is 1. The van der Waals surface area contributed by atoms with Crippen LogP contribution in [0.4, 0.5) is 0 Å². The zero-order valence-corrected chi connectivity index (χ0v) is 11.7. The van der Waals surface area contributed by atoms with Crippen LogP contribution in [0.1, 0.15) is 16.8 Å². The average Bonchev–Trinajstić information content (AvgIpc) is 2.39. The molecule has 1 aliphatic rings. The van der Waals surface area contributed by atoms with Gasteiger partial charge in [-0.25, -0.2) is 0 Å². The number of carbonyl (C=O) groups excluding carboxylic acids is 1. The Morgan fingerprint density at radius 2 is 2.28 bits per heavy atom. The van der Waals surface area contributed by atoms with E-state index < -0.39 is 0 Å². The van der Waals surface area contributed by atoms with Crippen LogP contribution in [-0.4, -0.2) is 43.2 Å². The van der Waals surface area contributed by atoms with Crippen molar-refractivity contribution in [1.82, 2.24) is 4.90 Å². The van der Waals surface area contributed by atoms with Crippen LogP contribution in [-0.2, 0) is 4.74 Å². The lowest BCUT2D eigenvalue weighted by Gasteiger charge is -2.33. The van der Waals surface area contributed by atoms with E-state index in [2.05, 4.69) is 15.9 Å². The summed E-state index contributed by atoms with van der Waals surface area (Å²) in [4.78, 5) is 14.2. The minimum Gasteiger partial charge on any atom is -0.374 e. The summed E-state index contributed by atoms with van der Waals surface area (Å²) < 4.78 is 6.41. The molecule has 18 heavy (non-hydrogen) atoms. The maximum Gasteiger partial charge on any atom is 0.255 e. The Bertz CT molecular complexity index is 423. The molecular weight excluding hydrogens is 296 g/mol. The lowest BCUT2D eigenvalue weighted by molar-refractivity contribution is -0.0236. The number of carbonyl (C=O) groups is 1. The van der Waals surface area contributed by atoms with Crippen molar-refractivity contribution in [2.75, 3.05) is 26.2 Å². The van der Waals surface area contributed by atoms with Gasteiger partial charge in [0.15, 0.2) is 0 Å². The van der Waals surface area contributed by atoms with E-state index >= 15 is 0 Å². The molecule has 1 atom stereocenters. The van der Waals surface area contributed by atoms with Gasteiger partial charge >= 0.3 is 0 Å². The van der Waals surface area contributed by atoms with Gasteiger partial charge in [0.1, 0.15) is 0 Å². The maximum atomic E-state index is 12.4. The topological polar surface area (TPSA) is 55.6 Å². The SMILES string of the molecule is NCCC1CN(C(=O)c2ccccc2Br)CCO1. The molecule has 1 aromatic carbocycles. The molecule has 1 heterocycles. The normalized spacial score (nSPS) is 19.9. The molecule has 0 spiro atoms. The summed E-state index contributed by atoms with van der Waals surface area (Å²) in [5.41, 5.74) is 6.23. The first-order chi connectivity index (χ1) is 8.72. The summed E-state index contributed by atoms with van der Waals surface area (Å²) in [6.45, 7) is 2.43. The number of rotatable bonds is 3. The Labute approximate surface area is 115 Å².